The summed E-state index contributed by atoms with van der Waals surface area (Å²) in [5, 5.41) is 0. The third-order valence-corrected chi connectivity index (χ3v) is 4.25. The van der Waals surface area contributed by atoms with Gasteiger partial charge in [0.25, 0.3) is 0 Å². The van der Waals surface area contributed by atoms with Gasteiger partial charge in [-0.1, -0.05) is 0 Å². The molecule has 2 heterocycles. The highest BCUT2D eigenvalue weighted by Gasteiger charge is 2.28. The van der Waals surface area contributed by atoms with Crippen molar-refractivity contribution in [2.45, 2.75) is 18.8 Å². The van der Waals surface area contributed by atoms with Crippen molar-refractivity contribution >= 4 is 11.6 Å². The number of likely N-dealkylation sites (N-methyl/N-ethyl adjacent to an activating group) is 1. The Balaban J connectivity index is 1.59. The summed E-state index contributed by atoms with van der Waals surface area (Å²) in [6, 6.07) is 1.92. The van der Waals surface area contributed by atoms with Gasteiger partial charge in [0.2, 0.25) is 0 Å². The van der Waals surface area contributed by atoms with Crippen molar-refractivity contribution in [2.24, 2.45) is 0 Å². The molecule has 1 aliphatic heterocycles. The Labute approximate surface area is 126 Å². The van der Waals surface area contributed by atoms with E-state index in [-0.39, 0.29) is 0 Å². The summed E-state index contributed by atoms with van der Waals surface area (Å²) >= 11 is 0. The van der Waals surface area contributed by atoms with Crippen molar-refractivity contribution in [3.8, 4) is 0 Å². The van der Waals surface area contributed by atoms with Gasteiger partial charge in [0.05, 0.1) is 0 Å². The van der Waals surface area contributed by atoms with Gasteiger partial charge < -0.3 is 15.5 Å². The molecule has 0 radical (unpaired) electrons. The lowest BCUT2D eigenvalue weighted by atomic mass is 10.3. The first-order valence-corrected chi connectivity index (χ1v) is 7.88. The van der Waals surface area contributed by atoms with Crippen molar-refractivity contribution in [1.29, 1.82) is 0 Å². The van der Waals surface area contributed by atoms with E-state index in [0.717, 1.165) is 50.9 Å². The van der Waals surface area contributed by atoms with E-state index in [0.29, 0.717) is 11.7 Å². The number of hydrogen-bond acceptors (Lipinski definition) is 6. The van der Waals surface area contributed by atoms with Gasteiger partial charge in [-0.15, -0.1) is 0 Å². The van der Waals surface area contributed by atoms with Crippen molar-refractivity contribution in [2.75, 3.05) is 64.0 Å². The molecule has 3 rings (SSSR count). The molecule has 0 amide bonds. The topological polar surface area (TPSA) is 61.5 Å². The molecule has 2 aliphatic rings. The van der Waals surface area contributed by atoms with Crippen LogP contribution in [0.5, 0.6) is 0 Å². The Morgan fingerprint density at radius 3 is 2.52 bits per heavy atom. The molecule has 1 saturated heterocycles. The minimum atomic E-state index is 0.550. The summed E-state index contributed by atoms with van der Waals surface area (Å²) in [7, 11) is 4.25. The predicted octanol–water partition coefficient (Wildman–Crippen LogP) is 0.620. The summed E-state index contributed by atoms with van der Waals surface area (Å²) in [5.41, 5.74) is 5.95. The molecule has 21 heavy (non-hydrogen) atoms. The maximum absolute atomic E-state index is 5.95. The fourth-order valence-electron chi connectivity index (χ4n) is 2.70. The van der Waals surface area contributed by atoms with E-state index >= 15 is 0 Å². The largest absolute Gasteiger partial charge is 0.384 e. The highest BCUT2D eigenvalue weighted by atomic mass is 15.3. The Bertz CT molecular complexity index is 477. The zero-order valence-corrected chi connectivity index (χ0v) is 13.1. The zero-order chi connectivity index (χ0) is 14.8. The van der Waals surface area contributed by atoms with Gasteiger partial charge in [-0.25, -0.2) is 9.97 Å². The van der Waals surface area contributed by atoms with E-state index in [1.807, 2.05) is 6.07 Å². The van der Waals surface area contributed by atoms with E-state index in [1.54, 1.807) is 0 Å². The summed E-state index contributed by atoms with van der Waals surface area (Å²) in [4.78, 5) is 16.2. The van der Waals surface area contributed by atoms with Crippen molar-refractivity contribution in [3.63, 3.8) is 0 Å². The van der Waals surface area contributed by atoms with Crippen LogP contribution in [0, 0.1) is 0 Å². The molecule has 1 saturated carbocycles. The summed E-state index contributed by atoms with van der Waals surface area (Å²) in [6.07, 6.45) is 2.42. The number of nitrogen functional groups attached to an aromatic ring is 1. The summed E-state index contributed by atoms with van der Waals surface area (Å²) in [5.74, 6) is 3.11. The molecule has 116 valence electrons. The molecule has 6 nitrogen and oxygen atoms in total. The number of nitrogens with two attached hydrogens (primary N) is 1. The van der Waals surface area contributed by atoms with Crippen LogP contribution in [0.3, 0.4) is 0 Å². The average molecular weight is 290 g/mol. The highest BCUT2D eigenvalue weighted by Crippen LogP contribution is 2.38. The third-order valence-electron chi connectivity index (χ3n) is 4.25. The van der Waals surface area contributed by atoms with Gasteiger partial charge in [0.15, 0.2) is 0 Å². The average Bonchev–Trinajstić information content (AvgIpc) is 3.29. The van der Waals surface area contributed by atoms with Gasteiger partial charge in [-0.3, -0.25) is 4.90 Å². The number of aromatic nitrogens is 2. The maximum atomic E-state index is 5.95. The number of hydrogen-bond donors (Lipinski definition) is 1. The van der Waals surface area contributed by atoms with Crippen LogP contribution in [-0.2, 0) is 0 Å². The first-order valence-electron chi connectivity index (χ1n) is 7.88. The normalized spacial score (nSPS) is 20.2. The Morgan fingerprint density at radius 1 is 1.19 bits per heavy atom. The van der Waals surface area contributed by atoms with Gasteiger partial charge in [0, 0.05) is 51.3 Å². The molecule has 1 aromatic heterocycles. The smallest absolute Gasteiger partial charge is 0.136 e. The van der Waals surface area contributed by atoms with E-state index < -0.39 is 0 Å². The number of piperazine rings is 1. The lowest BCUT2D eigenvalue weighted by Crippen LogP contribution is -2.48. The van der Waals surface area contributed by atoms with Crippen LogP contribution in [-0.4, -0.2) is 73.1 Å². The van der Waals surface area contributed by atoms with Crippen LogP contribution in [0.25, 0.3) is 0 Å². The molecule has 1 aliphatic carbocycles. The molecule has 6 heteroatoms. The minimum Gasteiger partial charge on any atom is -0.384 e. The Hall–Kier alpha value is -1.40. The Kier molecular flexibility index (Phi) is 4.26. The van der Waals surface area contributed by atoms with Crippen LogP contribution in [0.15, 0.2) is 6.07 Å². The van der Waals surface area contributed by atoms with E-state index in [9.17, 15) is 0 Å². The minimum absolute atomic E-state index is 0.550. The van der Waals surface area contributed by atoms with E-state index in [2.05, 4.69) is 33.8 Å². The lowest BCUT2D eigenvalue weighted by molar-refractivity contribution is 0.229. The molecule has 2 N–H and O–H groups in total. The maximum Gasteiger partial charge on any atom is 0.136 e. The fourth-order valence-corrected chi connectivity index (χ4v) is 2.70. The van der Waals surface area contributed by atoms with Gasteiger partial charge in [0.1, 0.15) is 17.5 Å². The zero-order valence-electron chi connectivity index (χ0n) is 13.1. The molecule has 0 aromatic carbocycles. The van der Waals surface area contributed by atoms with Crippen LogP contribution in [0.1, 0.15) is 24.6 Å². The van der Waals surface area contributed by atoms with Crippen molar-refractivity contribution < 1.29 is 0 Å². The Morgan fingerprint density at radius 2 is 1.90 bits per heavy atom. The SMILES string of the molecule is CN(C)CCN1CCN(c2cc(N)nc(C3CC3)n2)CC1. The lowest BCUT2D eigenvalue weighted by Gasteiger charge is -2.36. The molecule has 0 unspecified atom stereocenters. The second-order valence-electron chi connectivity index (χ2n) is 6.42. The van der Waals surface area contributed by atoms with Crippen LogP contribution >= 0.6 is 0 Å². The van der Waals surface area contributed by atoms with E-state index in [4.69, 9.17) is 10.7 Å². The molecule has 2 fully saturated rings. The van der Waals surface area contributed by atoms with Crippen LogP contribution < -0.4 is 10.6 Å². The van der Waals surface area contributed by atoms with E-state index in [1.165, 1.54) is 12.8 Å². The van der Waals surface area contributed by atoms with Crippen molar-refractivity contribution in [1.82, 2.24) is 19.8 Å². The number of rotatable bonds is 5. The van der Waals surface area contributed by atoms with Crippen LogP contribution in [0.2, 0.25) is 0 Å². The first kappa shape index (κ1) is 14.5. The number of nitrogens with zero attached hydrogens (tertiary/aromatic N) is 5. The predicted molar refractivity (Wildman–Crippen MR) is 85.6 cm³/mol. The molecular formula is C15H26N6. The first-order chi connectivity index (χ1) is 10.1. The highest BCUT2D eigenvalue weighted by molar-refractivity contribution is 5.48. The standard InChI is InChI=1S/C15H26N6/c1-19(2)5-6-20-7-9-21(10-8-20)14-11-13(16)17-15(18-14)12-3-4-12/h11-12H,3-10H2,1-2H3,(H2,16,17,18). The van der Waals surface area contributed by atoms with Crippen molar-refractivity contribution in [3.05, 3.63) is 11.9 Å². The molecule has 1 aromatic rings. The van der Waals surface area contributed by atoms with Gasteiger partial charge in [-0.05, 0) is 26.9 Å². The van der Waals surface area contributed by atoms with Gasteiger partial charge >= 0.3 is 0 Å². The molecule has 0 atom stereocenters. The third kappa shape index (κ3) is 3.83. The monoisotopic (exact) mass is 290 g/mol. The van der Waals surface area contributed by atoms with Gasteiger partial charge in [-0.2, -0.15) is 0 Å². The molecule has 0 bridgehead atoms. The quantitative estimate of drug-likeness (QED) is 0.858. The number of anilines is 2. The molecular weight excluding hydrogens is 264 g/mol. The summed E-state index contributed by atoms with van der Waals surface area (Å²) in [6.45, 7) is 6.49. The molecule has 0 spiro atoms. The second kappa shape index (κ2) is 6.15. The summed E-state index contributed by atoms with van der Waals surface area (Å²) < 4.78 is 0. The van der Waals surface area contributed by atoms with Crippen LogP contribution in [0.4, 0.5) is 11.6 Å². The fraction of sp³-hybridized carbons (Fsp3) is 0.733. The second-order valence-corrected chi connectivity index (χ2v) is 6.42.